The summed E-state index contributed by atoms with van der Waals surface area (Å²) in [4.78, 5) is 0. The Hall–Kier alpha value is -0.690. The number of benzene rings is 1. The van der Waals surface area contributed by atoms with Crippen LogP contribution in [0.25, 0.3) is 6.08 Å². The quantitative estimate of drug-likeness (QED) is 0.363. The summed E-state index contributed by atoms with van der Waals surface area (Å²) in [5, 5.41) is 0. The van der Waals surface area contributed by atoms with E-state index in [1.807, 2.05) is 0 Å². The maximum Gasteiger partial charge on any atom is 0.0272 e. The average molecular weight is 525 g/mol. The number of aryl methyl sites for hydroxylation is 1. The van der Waals surface area contributed by atoms with Crippen molar-refractivity contribution in [2.45, 2.75) is 85.5 Å². The molecule has 0 nitrogen and oxygen atoms in total. The van der Waals surface area contributed by atoms with Crippen molar-refractivity contribution in [1.82, 2.24) is 0 Å². The summed E-state index contributed by atoms with van der Waals surface area (Å²) in [5.74, 6) is 0. The fraction of sp³-hybridized carbons (Fsp3) is 0.538. The monoisotopic (exact) mass is 526 g/mol. The van der Waals surface area contributed by atoms with E-state index in [0.29, 0.717) is 0 Å². The second kappa shape index (κ2) is 7.29. The molecular weight excluding hydrogens is 491 g/mol. The van der Waals surface area contributed by atoms with Crippen molar-refractivity contribution in [1.29, 1.82) is 0 Å². The molecule has 0 bridgehead atoms. The van der Waals surface area contributed by atoms with E-state index in [4.69, 9.17) is 0 Å². The van der Waals surface area contributed by atoms with E-state index in [1.54, 1.807) is 27.8 Å². The molecule has 0 saturated heterocycles. The Morgan fingerprint density at radius 3 is 2.19 bits per heavy atom. The van der Waals surface area contributed by atoms with Gasteiger partial charge in [0.1, 0.15) is 0 Å². The first kappa shape index (κ1) is 21.0. The van der Waals surface area contributed by atoms with Crippen LogP contribution in [0.3, 0.4) is 0 Å². The van der Waals surface area contributed by atoms with Gasteiger partial charge in [0.15, 0.2) is 0 Å². The molecule has 1 aromatic rings. The van der Waals surface area contributed by atoms with Crippen LogP contribution in [0.1, 0.15) is 89.5 Å². The summed E-state index contributed by atoms with van der Waals surface area (Å²) in [7, 11) is 0. The largest absolute Gasteiger partial charge is 0.0721 e. The van der Waals surface area contributed by atoms with Crippen molar-refractivity contribution in [2.24, 2.45) is 5.41 Å². The molecule has 4 rings (SSSR count). The van der Waals surface area contributed by atoms with Crippen LogP contribution in [0.5, 0.6) is 0 Å². The van der Waals surface area contributed by atoms with Gasteiger partial charge in [0.05, 0.1) is 0 Å². The fourth-order valence-electron chi connectivity index (χ4n) is 6.36. The molecule has 0 spiro atoms. The van der Waals surface area contributed by atoms with Crippen molar-refractivity contribution in [3.63, 3.8) is 0 Å². The zero-order chi connectivity index (χ0) is 18.7. The van der Waals surface area contributed by atoms with Gasteiger partial charge in [-0.15, -0.1) is 0 Å². The minimum atomic E-state index is 0. The van der Waals surface area contributed by atoms with E-state index in [0.717, 1.165) is 0 Å². The van der Waals surface area contributed by atoms with Gasteiger partial charge in [-0.05, 0) is 93.2 Å². The first-order chi connectivity index (χ1) is 12.4. The topological polar surface area (TPSA) is 0 Å². The molecule has 0 saturated carbocycles. The third-order valence-corrected chi connectivity index (χ3v) is 8.28. The minimum absolute atomic E-state index is 0. The molecule has 0 aromatic heterocycles. The molecule has 1 heteroatoms. The Labute approximate surface area is 185 Å². The number of hydrogen-bond donors (Lipinski definition) is 0. The summed E-state index contributed by atoms with van der Waals surface area (Å²) in [6, 6.07) is 4.82. The molecule has 0 fully saturated rings. The second-order valence-electron chi connectivity index (χ2n) is 9.05. The van der Waals surface area contributed by atoms with E-state index < -0.39 is 0 Å². The summed E-state index contributed by atoms with van der Waals surface area (Å²) in [6.07, 6.45) is 12.7. The van der Waals surface area contributed by atoms with E-state index in [9.17, 15) is 0 Å². The first-order valence-corrected chi connectivity index (χ1v) is 10.6. The van der Waals surface area contributed by atoms with Crippen molar-refractivity contribution < 1.29 is 25.8 Å². The second-order valence-corrected chi connectivity index (χ2v) is 9.05. The van der Waals surface area contributed by atoms with Gasteiger partial charge in [-0.1, -0.05) is 55.7 Å². The molecule has 27 heavy (non-hydrogen) atoms. The summed E-state index contributed by atoms with van der Waals surface area (Å²) in [6.45, 7) is 14.4. The molecule has 1 atom stereocenters. The van der Waals surface area contributed by atoms with Crippen LogP contribution < -0.4 is 0 Å². The Morgan fingerprint density at radius 2 is 1.56 bits per heavy atom. The zero-order valence-corrected chi connectivity index (χ0v) is 21.6. The summed E-state index contributed by atoms with van der Waals surface area (Å²) < 4.78 is 0. The number of hydrogen-bond acceptors (Lipinski definition) is 0. The fourth-order valence-corrected chi connectivity index (χ4v) is 6.36. The average Bonchev–Trinajstić information content (AvgIpc) is 3.11. The van der Waals surface area contributed by atoms with Crippen molar-refractivity contribution in [3.05, 3.63) is 62.8 Å². The normalized spacial score (nSPS) is 25.6. The molecule has 0 radical (unpaired) electrons. The molecule has 0 N–H and O–H groups in total. The van der Waals surface area contributed by atoms with E-state index in [-0.39, 0.29) is 36.7 Å². The Kier molecular flexibility index (Phi) is 5.67. The third-order valence-electron chi connectivity index (χ3n) is 8.28. The number of allylic oxidation sites excluding steroid dienone is 5. The summed E-state index contributed by atoms with van der Waals surface area (Å²) >= 11 is 0. The predicted molar refractivity (Wildman–Crippen MR) is 114 cm³/mol. The minimum Gasteiger partial charge on any atom is -0.0721 e. The van der Waals surface area contributed by atoms with Crippen molar-refractivity contribution in [2.75, 3.05) is 0 Å². The van der Waals surface area contributed by atoms with E-state index in [2.05, 4.69) is 65.8 Å². The van der Waals surface area contributed by atoms with Crippen LogP contribution in [0.2, 0.25) is 0 Å². The Morgan fingerprint density at radius 1 is 0.926 bits per heavy atom. The van der Waals surface area contributed by atoms with E-state index >= 15 is 0 Å². The molecule has 1 unspecified atom stereocenters. The molecule has 3 aliphatic carbocycles. The van der Waals surface area contributed by atoms with Gasteiger partial charge in [-0.2, -0.15) is 0 Å². The van der Waals surface area contributed by atoms with Gasteiger partial charge < -0.3 is 0 Å². The number of fused-ring (bicyclic) bond motifs is 3. The van der Waals surface area contributed by atoms with E-state index in [1.165, 1.54) is 55.2 Å². The van der Waals surface area contributed by atoms with Crippen LogP contribution in [0.15, 0.2) is 40.5 Å². The number of rotatable bonds is 3. The van der Waals surface area contributed by atoms with Gasteiger partial charge >= 0.3 is 0 Å². The molecule has 0 aliphatic heterocycles. The molecule has 142 valence electrons. The van der Waals surface area contributed by atoms with Crippen LogP contribution in [0.4, 0.5) is 0 Å². The predicted octanol–water partition coefficient (Wildman–Crippen LogP) is 7.32. The van der Waals surface area contributed by atoms with Crippen molar-refractivity contribution in [3.8, 4) is 0 Å². The maximum absolute atomic E-state index is 2.59. The first-order valence-electron chi connectivity index (χ1n) is 10.6. The van der Waals surface area contributed by atoms with Gasteiger partial charge in [-0.3, -0.25) is 0 Å². The molecule has 3 aliphatic rings. The standard InChI is InChI=1S/C26H34.Hf/c1-7-15-26(25(6)19(4)17(2)18(3)20(25)5)16-14-22-13-12-21-10-8-9-11-23(21)24(22)26;/h12-14,16H,7-11,15H2,1-6H3;. The van der Waals surface area contributed by atoms with Crippen LogP contribution in [-0.2, 0) is 44.1 Å². The maximum atomic E-state index is 2.59. The van der Waals surface area contributed by atoms with Gasteiger partial charge in [0.2, 0.25) is 0 Å². The van der Waals surface area contributed by atoms with Crippen LogP contribution >= 0.6 is 0 Å². The molecule has 0 amide bonds. The Bertz CT molecular complexity index is 840. The van der Waals surface area contributed by atoms with Crippen LogP contribution in [0, 0.1) is 5.41 Å². The Balaban J connectivity index is 0.00000210. The molecule has 0 heterocycles. The third kappa shape index (κ3) is 2.63. The van der Waals surface area contributed by atoms with Crippen molar-refractivity contribution >= 4 is 6.08 Å². The van der Waals surface area contributed by atoms with Gasteiger partial charge in [0, 0.05) is 36.7 Å². The molecular formula is C26H34Hf. The van der Waals surface area contributed by atoms with Gasteiger partial charge in [-0.25, -0.2) is 0 Å². The smallest absolute Gasteiger partial charge is 0.0272 e. The van der Waals surface area contributed by atoms with Gasteiger partial charge in [0.25, 0.3) is 0 Å². The SMILES string of the molecule is CCCC1(C2(C)C(C)=C(C)C(C)=C2C)C=Cc2ccc3c(c21)CCCC3.[Hf]. The van der Waals surface area contributed by atoms with Crippen LogP contribution in [-0.4, -0.2) is 0 Å². The summed E-state index contributed by atoms with van der Waals surface area (Å²) in [5.41, 5.74) is 12.9. The zero-order valence-electron chi connectivity index (χ0n) is 18.1. The molecule has 1 aromatic carbocycles.